The minimum absolute atomic E-state index is 0.120. The van der Waals surface area contributed by atoms with Crippen molar-refractivity contribution in [3.05, 3.63) is 52.9 Å². The monoisotopic (exact) mass is 296 g/mol. The fourth-order valence-electron chi connectivity index (χ4n) is 2.21. The molecule has 0 radical (unpaired) electrons. The number of fused-ring (bicyclic) bond motifs is 1. The Kier molecular flexibility index (Phi) is 3.79. The van der Waals surface area contributed by atoms with Crippen molar-refractivity contribution in [2.75, 3.05) is 0 Å². The third kappa shape index (κ3) is 3.49. The predicted molar refractivity (Wildman–Crippen MR) is 91.6 cm³/mol. The molecule has 0 bridgehead atoms. The van der Waals surface area contributed by atoms with Crippen LogP contribution in [0.15, 0.2) is 47.8 Å². The molecule has 3 rings (SSSR count). The van der Waals surface area contributed by atoms with Gasteiger partial charge in [0.1, 0.15) is 5.01 Å². The van der Waals surface area contributed by atoms with Crippen LogP contribution in [0.1, 0.15) is 25.8 Å². The number of thiazole rings is 1. The van der Waals surface area contributed by atoms with Crippen molar-refractivity contribution in [1.29, 1.82) is 0 Å². The smallest absolute Gasteiger partial charge is 0.107 e. The van der Waals surface area contributed by atoms with E-state index in [-0.39, 0.29) is 5.54 Å². The quantitative estimate of drug-likeness (QED) is 0.747. The van der Waals surface area contributed by atoms with E-state index in [1.807, 2.05) is 0 Å². The lowest BCUT2D eigenvalue weighted by atomic mass is 10.1. The van der Waals surface area contributed by atoms with Crippen molar-refractivity contribution in [2.24, 2.45) is 0 Å². The summed E-state index contributed by atoms with van der Waals surface area (Å²) in [6.07, 6.45) is 0. The van der Waals surface area contributed by atoms with Crippen LogP contribution in [0.4, 0.5) is 0 Å². The third-order valence-corrected chi connectivity index (χ3v) is 4.22. The molecular formula is C18H20N2S. The van der Waals surface area contributed by atoms with Gasteiger partial charge in [-0.1, -0.05) is 36.4 Å². The molecule has 3 aromatic rings. The van der Waals surface area contributed by atoms with Crippen molar-refractivity contribution < 1.29 is 0 Å². The summed E-state index contributed by atoms with van der Waals surface area (Å²) in [6, 6.07) is 15.0. The van der Waals surface area contributed by atoms with Gasteiger partial charge in [0, 0.05) is 23.0 Å². The summed E-state index contributed by atoms with van der Waals surface area (Å²) in [6.45, 7) is 7.34. The molecule has 2 aromatic carbocycles. The van der Waals surface area contributed by atoms with Gasteiger partial charge >= 0.3 is 0 Å². The van der Waals surface area contributed by atoms with Gasteiger partial charge in [0.2, 0.25) is 0 Å². The first-order chi connectivity index (χ1) is 10.0. The Morgan fingerprint density at radius 1 is 1.05 bits per heavy atom. The Labute approximate surface area is 129 Å². The van der Waals surface area contributed by atoms with Gasteiger partial charge in [-0.05, 0) is 37.6 Å². The molecule has 3 heteroatoms. The number of aromatic nitrogens is 1. The van der Waals surface area contributed by atoms with E-state index in [4.69, 9.17) is 4.98 Å². The van der Waals surface area contributed by atoms with E-state index in [1.165, 1.54) is 16.3 Å². The van der Waals surface area contributed by atoms with E-state index in [0.29, 0.717) is 0 Å². The van der Waals surface area contributed by atoms with Crippen LogP contribution in [0.3, 0.4) is 0 Å². The Bertz CT molecular complexity index is 753. The van der Waals surface area contributed by atoms with Crippen LogP contribution in [0.2, 0.25) is 0 Å². The van der Waals surface area contributed by atoms with E-state index < -0.39 is 0 Å². The molecule has 0 saturated carbocycles. The molecule has 0 spiro atoms. The summed E-state index contributed by atoms with van der Waals surface area (Å²) in [4.78, 5) is 4.75. The Balaban J connectivity index is 1.84. The zero-order valence-electron chi connectivity index (χ0n) is 12.7. The van der Waals surface area contributed by atoms with Gasteiger partial charge in [-0.25, -0.2) is 4.98 Å². The Morgan fingerprint density at radius 2 is 1.81 bits per heavy atom. The molecule has 21 heavy (non-hydrogen) atoms. The van der Waals surface area contributed by atoms with E-state index >= 15 is 0 Å². The highest BCUT2D eigenvalue weighted by Crippen LogP contribution is 2.26. The normalized spacial score (nSPS) is 12.0. The molecule has 0 saturated heterocycles. The lowest BCUT2D eigenvalue weighted by Crippen LogP contribution is -2.34. The minimum Gasteiger partial charge on any atom is -0.306 e. The molecule has 2 nitrogen and oxygen atoms in total. The van der Waals surface area contributed by atoms with Gasteiger partial charge in [-0.15, -0.1) is 11.3 Å². The second kappa shape index (κ2) is 5.58. The minimum atomic E-state index is 0.120. The molecule has 0 fully saturated rings. The van der Waals surface area contributed by atoms with Crippen molar-refractivity contribution in [2.45, 2.75) is 32.9 Å². The zero-order chi connectivity index (χ0) is 14.9. The van der Waals surface area contributed by atoms with E-state index in [2.05, 4.69) is 73.9 Å². The topological polar surface area (TPSA) is 24.9 Å². The molecule has 0 unspecified atom stereocenters. The number of hydrogen-bond acceptors (Lipinski definition) is 3. The van der Waals surface area contributed by atoms with Crippen LogP contribution in [0, 0.1) is 0 Å². The molecule has 1 N–H and O–H groups in total. The molecule has 1 heterocycles. The predicted octanol–water partition coefficient (Wildman–Crippen LogP) is 4.85. The van der Waals surface area contributed by atoms with Crippen LogP contribution < -0.4 is 5.32 Å². The van der Waals surface area contributed by atoms with Crippen molar-refractivity contribution in [3.63, 3.8) is 0 Å². The fourth-order valence-corrected chi connectivity index (χ4v) is 2.96. The molecule has 0 aliphatic rings. The van der Waals surface area contributed by atoms with E-state index in [0.717, 1.165) is 17.2 Å². The maximum atomic E-state index is 4.75. The maximum Gasteiger partial charge on any atom is 0.107 e. The van der Waals surface area contributed by atoms with E-state index in [1.54, 1.807) is 11.3 Å². The largest absolute Gasteiger partial charge is 0.306 e. The average Bonchev–Trinajstić information content (AvgIpc) is 2.93. The lowest BCUT2D eigenvalue weighted by Gasteiger charge is -2.19. The fraction of sp³-hybridized carbons (Fsp3) is 0.278. The number of nitrogens with zero attached hydrogens (tertiary/aromatic N) is 1. The van der Waals surface area contributed by atoms with Crippen molar-refractivity contribution >= 4 is 22.1 Å². The summed E-state index contributed by atoms with van der Waals surface area (Å²) in [7, 11) is 0. The summed E-state index contributed by atoms with van der Waals surface area (Å²) in [5.41, 5.74) is 2.37. The Morgan fingerprint density at radius 3 is 2.57 bits per heavy atom. The second-order valence-electron chi connectivity index (χ2n) is 6.29. The van der Waals surface area contributed by atoms with Crippen LogP contribution in [-0.2, 0) is 6.54 Å². The highest BCUT2D eigenvalue weighted by atomic mass is 32.1. The number of hydrogen-bond donors (Lipinski definition) is 1. The first-order valence-corrected chi connectivity index (χ1v) is 8.08. The molecule has 0 amide bonds. The van der Waals surface area contributed by atoms with E-state index in [9.17, 15) is 0 Å². The van der Waals surface area contributed by atoms with Crippen molar-refractivity contribution in [1.82, 2.24) is 10.3 Å². The van der Waals surface area contributed by atoms with Gasteiger partial charge in [0.05, 0.1) is 5.69 Å². The summed E-state index contributed by atoms with van der Waals surface area (Å²) in [5.74, 6) is 0. The van der Waals surface area contributed by atoms with Crippen LogP contribution in [0.5, 0.6) is 0 Å². The van der Waals surface area contributed by atoms with Gasteiger partial charge in [-0.3, -0.25) is 0 Å². The highest BCUT2D eigenvalue weighted by Gasteiger charge is 2.11. The number of benzene rings is 2. The van der Waals surface area contributed by atoms with Crippen LogP contribution in [0.25, 0.3) is 22.0 Å². The molecule has 1 aromatic heterocycles. The van der Waals surface area contributed by atoms with Crippen LogP contribution >= 0.6 is 11.3 Å². The molecule has 0 atom stereocenters. The maximum absolute atomic E-state index is 4.75. The summed E-state index contributed by atoms with van der Waals surface area (Å²) >= 11 is 1.72. The molecular weight excluding hydrogens is 276 g/mol. The lowest BCUT2D eigenvalue weighted by molar-refractivity contribution is 0.424. The molecule has 0 aliphatic heterocycles. The van der Waals surface area contributed by atoms with Gasteiger partial charge in [0.25, 0.3) is 0 Å². The third-order valence-electron chi connectivity index (χ3n) is 3.37. The molecule has 0 aliphatic carbocycles. The number of rotatable bonds is 3. The van der Waals surface area contributed by atoms with Crippen molar-refractivity contribution in [3.8, 4) is 11.3 Å². The van der Waals surface area contributed by atoms with Crippen LogP contribution in [-0.4, -0.2) is 10.5 Å². The van der Waals surface area contributed by atoms with Gasteiger partial charge in [0.15, 0.2) is 0 Å². The summed E-state index contributed by atoms with van der Waals surface area (Å²) < 4.78 is 0. The first kappa shape index (κ1) is 14.2. The Hall–Kier alpha value is -1.71. The highest BCUT2D eigenvalue weighted by molar-refractivity contribution is 7.09. The second-order valence-corrected chi connectivity index (χ2v) is 7.23. The average molecular weight is 296 g/mol. The standard InChI is InChI=1S/C18H20N2S/c1-18(2,3)19-11-17-20-16(12-21-17)15-9-8-13-6-4-5-7-14(13)10-15/h4-10,12,19H,11H2,1-3H3. The first-order valence-electron chi connectivity index (χ1n) is 7.20. The summed E-state index contributed by atoms with van der Waals surface area (Å²) in [5, 5.41) is 9.29. The number of nitrogens with one attached hydrogen (secondary N) is 1. The van der Waals surface area contributed by atoms with Gasteiger partial charge in [-0.2, -0.15) is 0 Å². The SMILES string of the molecule is CC(C)(C)NCc1nc(-c2ccc3ccccc3c2)cs1. The molecule has 108 valence electrons. The van der Waals surface area contributed by atoms with Gasteiger partial charge < -0.3 is 5.32 Å². The zero-order valence-corrected chi connectivity index (χ0v) is 13.5.